The number of aryl methyl sites for hydroxylation is 2. The zero-order chi connectivity index (χ0) is 13.3. The highest BCUT2D eigenvalue weighted by atomic mass is 32.1. The molecule has 2 rings (SSSR count). The van der Waals surface area contributed by atoms with Gasteiger partial charge in [0.1, 0.15) is 10.9 Å². The topological polar surface area (TPSA) is 49.8 Å². The summed E-state index contributed by atoms with van der Waals surface area (Å²) >= 11 is 1.50. The molecule has 18 heavy (non-hydrogen) atoms. The lowest BCUT2D eigenvalue weighted by Crippen LogP contribution is -1.91. The number of nitriles is 1. The van der Waals surface area contributed by atoms with Gasteiger partial charge in [-0.05, 0) is 31.4 Å². The Morgan fingerprint density at radius 1 is 1.22 bits per heavy atom. The third-order valence-electron chi connectivity index (χ3n) is 2.99. The quantitative estimate of drug-likeness (QED) is 0.881. The average Bonchev–Trinajstić information content (AvgIpc) is 2.64. The van der Waals surface area contributed by atoms with Gasteiger partial charge in [-0.15, -0.1) is 11.3 Å². The highest BCUT2D eigenvalue weighted by molar-refractivity contribution is 7.16. The Bertz CT molecular complexity index is 612. The largest absolute Gasteiger partial charge is 0.397 e. The number of rotatable bonds is 2. The molecule has 2 nitrogen and oxygen atoms in total. The van der Waals surface area contributed by atoms with Gasteiger partial charge in [0, 0.05) is 4.88 Å². The smallest absolute Gasteiger partial charge is 0.128 e. The number of benzene rings is 1. The fraction of sp³-hybridized carbons (Fsp3) is 0.267. The minimum Gasteiger partial charge on any atom is -0.397 e. The normalized spacial score (nSPS) is 10.3. The van der Waals surface area contributed by atoms with Crippen LogP contribution in [0.2, 0.25) is 0 Å². The van der Waals surface area contributed by atoms with Gasteiger partial charge in [-0.3, -0.25) is 0 Å². The van der Waals surface area contributed by atoms with E-state index in [1.807, 2.05) is 0 Å². The molecule has 0 aliphatic rings. The molecule has 0 saturated heterocycles. The molecule has 0 aliphatic heterocycles. The van der Waals surface area contributed by atoms with Crippen molar-refractivity contribution in [3.63, 3.8) is 0 Å². The third-order valence-corrected chi connectivity index (χ3v) is 4.19. The van der Waals surface area contributed by atoms with E-state index in [4.69, 9.17) is 11.0 Å². The first-order valence-corrected chi connectivity index (χ1v) is 6.78. The van der Waals surface area contributed by atoms with Crippen LogP contribution in [0.25, 0.3) is 10.4 Å². The van der Waals surface area contributed by atoms with Gasteiger partial charge >= 0.3 is 0 Å². The van der Waals surface area contributed by atoms with Crippen LogP contribution < -0.4 is 5.73 Å². The number of nitrogens with zero attached hydrogens (tertiary/aromatic N) is 1. The van der Waals surface area contributed by atoms with Crippen LogP contribution >= 0.6 is 11.3 Å². The molecule has 0 unspecified atom stereocenters. The molecule has 3 heteroatoms. The number of nitrogen functional groups attached to an aromatic ring is 1. The van der Waals surface area contributed by atoms with Crippen molar-refractivity contribution in [3.8, 4) is 16.5 Å². The summed E-state index contributed by atoms with van der Waals surface area (Å²) in [4.78, 5) is 1.76. The standard InChI is InChI=1S/C15H16N2S/c1-4-12-14(17)13(8-16)18-15(12)11-6-9(2)5-10(3)7-11/h5-7H,4,17H2,1-3H3. The van der Waals surface area contributed by atoms with Crippen LogP contribution in [0, 0.1) is 25.2 Å². The van der Waals surface area contributed by atoms with Gasteiger partial charge < -0.3 is 5.73 Å². The van der Waals surface area contributed by atoms with Crippen molar-refractivity contribution in [1.29, 1.82) is 5.26 Å². The monoisotopic (exact) mass is 256 g/mol. The summed E-state index contributed by atoms with van der Waals surface area (Å²) in [5.74, 6) is 0. The average molecular weight is 256 g/mol. The number of hydrogen-bond donors (Lipinski definition) is 1. The lowest BCUT2D eigenvalue weighted by Gasteiger charge is -2.05. The van der Waals surface area contributed by atoms with E-state index in [0.717, 1.165) is 16.9 Å². The van der Waals surface area contributed by atoms with Gasteiger partial charge in [-0.25, -0.2) is 0 Å². The Kier molecular flexibility index (Phi) is 3.40. The van der Waals surface area contributed by atoms with E-state index in [1.165, 1.54) is 28.0 Å². The Morgan fingerprint density at radius 2 is 1.83 bits per heavy atom. The molecule has 0 atom stereocenters. The van der Waals surface area contributed by atoms with Crippen LogP contribution in [0.3, 0.4) is 0 Å². The van der Waals surface area contributed by atoms with Crippen molar-refractivity contribution in [1.82, 2.24) is 0 Å². The summed E-state index contributed by atoms with van der Waals surface area (Å²) in [5.41, 5.74) is 11.4. The zero-order valence-electron chi connectivity index (χ0n) is 10.9. The van der Waals surface area contributed by atoms with Crippen molar-refractivity contribution in [2.24, 2.45) is 0 Å². The van der Waals surface area contributed by atoms with E-state index < -0.39 is 0 Å². The third kappa shape index (κ3) is 2.12. The van der Waals surface area contributed by atoms with E-state index in [1.54, 1.807) is 0 Å². The van der Waals surface area contributed by atoms with Crippen LogP contribution in [0.1, 0.15) is 28.5 Å². The summed E-state index contributed by atoms with van der Waals surface area (Å²) in [6.45, 7) is 6.25. The van der Waals surface area contributed by atoms with Gasteiger partial charge in [-0.2, -0.15) is 5.26 Å². The van der Waals surface area contributed by atoms with Crippen LogP contribution in [-0.4, -0.2) is 0 Å². The zero-order valence-corrected chi connectivity index (χ0v) is 11.7. The summed E-state index contributed by atoms with van der Waals surface area (Å²) in [6.07, 6.45) is 0.854. The number of nitrogens with two attached hydrogens (primary N) is 1. The van der Waals surface area contributed by atoms with Gasteiger partial charge in [0.15, 0.2) is 0 Å². The molecule has 0 saturated carbocycles. The second-order valence-corrected chi connectivity index (χ2v) is 5.51. The van der Waals surface area contributed by atoms with Gasteiger partial charge in [-0.1, -0.05) is 36.2 Å². The lowest BCUT2D eigenvalue weighted by atomic mass is 10.0. The molecule has 2 N–H and O–H groups in total. The minimum atomic E-state index is 0.626. The molecule has 0 aliphatic carbocycles. The lowest BCUT2D eigenvalue weighted by molar-refractivity contribution is 1.16. The van der Waals surface area contributed by atoms with Crippen LogP contribution in [0.15, 0.2) is 18.2 Å². The maximum Gasteiger partial charge on any atom is 0.128 e. The fourth-order valence-electron chi connectivity index (χ4n) is 2.25. The molecule has 0 bridgehead atoms. The van der Waals surface area contributed by atoms with Crippen molar-refractivity contribution >= 4 is 17.0 Å². The van der Waals surface area contributed by atoms with E-state index in [0.29, 0.717) is 10.6 Å². The van der Waals surface area contributed by atoms with Crippen molar-refractivity contribution in [3.05, 3.63) is 39.8 Å². The van der Waals surface area contributed by atoms with Crippen LogP contribution in [0.5, 0.6) is 0 Å². The highest BCUT2D eigenvalue weighted by Gasteiger charge is 2.15. The van der Waals surface area contributed by atoms with E-state index in [9.17, 15) is 0 Å². The van der Waals surface area contributed by atoms with Gasteiger partial charge in [0.25, 0.3) is 0 Å². The molecule has 2 aromatic rings. The van der Waals surface area contributed by atoms with Crippen LogP contribution in [-0.2, 0) is 6.42 Å². The van der Waals surface area contributed by atoms with E-state index in [-0.39, 0.29) is 0 Å². The maximum atomic E-state index is 9.09. The van der Waals surface area contributed by atoms with Crippen molar-refractivity contribution < 1.29 is 0 Å². The molecule has 0 radical (unpaired) electrons. The molecule has 1 aromatic heterocycles. The molecular weight excluding hydrogens is 240 g/mol. The first-order valence-electron chi connectivity index (χ1n) is 5.96. The Hall–Kier alpha value is -1.79. The second-order valence-electron chi connectivity index (χ2n) is 4.49. The predicted molar refractivity (Wildman–Crippen MR) is 77.7 cm³/mol. The Labute approximate surface area is 112 Å². The van der Waals surface area contributed by atoms with E-state index >= 15 is 0 Å². The Morgan fingerprint density at radius 3 is 2.33 bits per heavy atom. The number of anilines is 1. The van der Waals surface area contributed by atoms with E-state index in [2.05, 4.69) is 45.0 Å². The molecular formula is C15H16N2S. The molecule has 92 valence electrons. The first kappa shape index (κ1) is 12.7. The molecule has 0 spiro atoms. The van der Waals surface area contributed by atoms with Gasteiger partial charge in [0.05, 0.1) is 5.69 Å². The molecule has 1 heterocycles. The molecule has 1 aromatic carbocycles. The number of hydrogen-bond acceptors (Lipinski definition) is 3. The summed E-state index contributed by atoms with van der Waals surface area (Å²) < 4.78 is 0. The highest BCUT2D eigenvalue weighted by Crippen LogP contribution is 2.39. The van der Waals surface area contributed by atoms with Crippen molar-refractivity contribution in [2.45, 2.75) is 27.2 Å². The maximum absolute atomic E-state index is 9.09. The van der Waals surface area contributed by atoms with Crippen LogP contribution in [0.4, 0.5) is 5.69 Å². The summed E-state index contributed by atoms with van der Waals surface area (Å²) in [6, 6.07) is 8.64. The number of thiophene rings is 1. The van der Waals surface area contributed by atoms with Gasteiger partial charge in [0.2, 0.25) is 0 Å². The SMILES string of the molecule is CCc1c(-c2cc(C)cc(C)c2)sc(C#N)c1N. The summed E-state index contributed by atoms with van der Waals surface area (Å²) in [7, 11) is 0. The minimum absolute atomic E-state index is 0.626. The molecule has 0 fully saturated rings. The second kappa shape index (κ2) is 4.83. The summed E-state index contributed by atoms with van der Waals surface area (Å²) in [5, 5.41) is 9.09. The fourth-order valence-corrected chi connectivity index (χ4v) is 3.35. The molecule has 0 amide bonds. The first-order chi connectivity index (χ1) is 8.56. The Balaban J connectivity index is 2.67. The predicted octanol–water partition coefficient (Wildman–Crippen LogP) is 4.05. The van der Waals surface area contributed by atoms with Crippen molar-refractivity contribution in [2.75, 3.05) is 5.73 Å².